The number of nitrogens with two attached hydrogens (primary N) is 1. The van der Waals surface area contributed by atoms with Crippen molar-refractivity contribution in [2.45, 2.75) is 12.5 Å². The predicted molar refractivity (Wildman–Crippen MR) is 89.7 cm³/mol. The smallest absolute Gasteiger partial charge is 0.312 e. The summed E-state index contributed by atoms with van der Waals surface area (Å²) in [5.41, 5.74) is 7.53. The number of hydrogen-bond donors (Lipinski definition) is 2. The minimum atomic E-state index is -0.505. The van der Waals surface area contributed by atoms with E-state index >= 15 is 0 Å². The van der Waals surface area contributed by atoms with Crippen LogP contribution in [0, 0.1) is 15.9 Å². The molecule has 3 N–H and O–H groups in total. The van der Waals surface area contributed by atoms with Crippen LogP contribution < -0.4 is 11.1 Å². The summed E-state index contributed by atoms with van der Waals surface area (Å²) in [4.78, 5) is 15.0. The quantitative estimate of drug-likeness (QED) is 0.663. The van der Waals surface area contributed by atoms with Gasteiger partial charge in [-0.3, -0.25) is 10.1 Å². The first-order valence-corrected chi connectivity index (χ1v) is 7.34. The number of nitrogens with one attached hydrogen (secondary N) is 1. The van der Waals surface area contributed by atoms with E-state index in [1.54, 1.807) is 18.2 Å². The largest absolute Gasteiger partial charge is 0.335 e. The fourth-order valence-corrected chi connectivity index (χ4v) is 2.42. The molecule has 0 spiro atoms. The Bertz CT molecular complexity index is 831. The number of aromatic nitrogens is 1. The minimum Gasteiger partial charge on any atom is -0.335 e. The topological polar surface area (TPSA) is 94.1 Å². The Morgan fingerprint density at radius 1 is 1.29 bits per heavy atom. The van der Waals surface area contributed by atoms with Crippen molar-refractivity contribution in [2.24, 2.45) is 5.73 Å². The first kappa shape index (κ1) is 15.8. The van der Waals surface area contributed by atoms with Crippen LogP contribution in [0.3, 0.4) is 0 Å². The predicted octanol–water partition coefficient (Wildman–Crippen LogP) is 3.38. The summed E-state index contributed by atoms with van der Waals surface area (Å²) in [7, 11) is 0. The molecule has 1 unspecified atom stereocenters. The van der Waals surface area contributed by atoms with Crippen molar-refractivity contribution >= 4 is 11.5 Å². The summed E-state index contributed by atoms with van der Waals surface area (Å²) in [6.45, 7) is 0. The highest BCUT2D eigenvalue weighted by Gasteiger charge is 2.18. The molecule has 1 aliphatic rings. The van der Waals surface area contributed by atoms with Crippen LogP contribution in [-0.4, -0.2) is 15.9 Å². The van der Waals surface area contributed by atoms with Crippen molar-refractivity contribution in [3.8, 4) is 11.1 Å². The van der Waals surface area contributed by atoms with Gasteiger partial charge in [-0.1, -0.05) is 18.2 Å². The second-order valence-corrected chi connectivity index (χ2v) is 5.40. The molecule has 1 aliphatic carbocycles. The van der Waals surface area contributed by atoms with Crippen LogP contribution >= 0.6 is 0 Å². The lowest BCUT2D eigenvalue weighted by atomic mass is 10.1. The molecule has 1 aromatic heterocycles. The van der Waals surface area contributed by atoms with E-state index in [1.807, 2.05) is 12.2 Å². The SMILES string of the molecule is NC1C=C(Nc2ncc(-c3ccc(F)cc3)cc2[N+](=O)[O-])C=CC1. The third kappa shape index (κ3) is 3.47. The summed E-state index contributed by atoms with van der Waals surface area (Å²) in [6, 6.07) is 6.98. The van der Waals surface area contributed by atoms with Gasteiger partial charge in [0.25, 0.3) is 0 Å². The molecule has 3 rings (SSSR count). The number of nitrogens with zero attached hydrogens (tertiary/aromatic N) is 2. The second-order valence-electron chi connectivity index (χ2n) is 5.40. The van der Waals surface area contributed by atoms with Gasteiger partial charge in [0.05, 0.1) is 4.92 Å². The van der Waals surface area contributed by atoms with Crippen LogP contribution in [0.5, 0.6) is 0 Å². The molecule has 6 nitrogen and oxygen atoms in total. The molecule has 1 heterocycles. The number of benzene rings is 1. The summed E-state index contributed by atoms with van der Waals surface area (Å²) in [5, 5.41) is 14.3. The van der Waals surface area contributed by atoms with Gasteiger partial charge in [-0.25, -0.2) is 9.37 Å². The Kier molecular flexibility index (Phi) is 4.35. The fourth-order valence-electron chi connectivity index (χ4n) is 2.42. The van der Waals surface area contributed by atoms with E-state index in [-0.39, 0.29) is 23.4 Å². The summed E-state index contributed by atoms with van der Waals surface area (Å²) in [5.74, 6) is -0.234. The van der Waals surface area contributed by atoms with E-state index in [2.05, 4.69) is 10.3 Å². The molecule has 0 bridgehead atoms. The number of halogens is 1. The van der Waals surface area contributed by atoms with E-state index in [1.165, 1.54) is 24.4 Å². The van der Waals surface area contributed by atoms with Gasteiger partial charge >= 0.3 is 5.69 Å². The third-order valence-electron chi connectivity index (χ3n) is 3.60. The minimum absolute atomic E-state index is 0.130. The maximum absolute atomic E-state index is 13.0. The molecule has 0 radical (unpaired) electrons. The molecule has 0 amide bonds. The van der Waals surface area contributed by atoms with E-state index < -0.39 is 4.92 Å². The zero-order valence-corrected chi connectivity index (χ0v) is 12.6. The number of anilines is 1. The molecule has 1 aromatic carbocycles. The molecule has 0 saturated heterocycles. The summed E-state index contributed by atoms with van der Waals surface area (Å²) < 4.78 is 13.0. The van der Waals surface area contributed by atoms with Crippen molar-refractivity contribution in [1.82, 2.24) is 4.98 Å². The van der Waals surface area contributed by atoms with E-state index in [0.29, 0.717) is 16.8 Å². The first-order chi connectivity index (χ1) is 11.5. The Morgan fingerprint density at radius 3 is 2.71 bits per heavy atom. The average Bonchev–Trinajstić information content (AvgIpc) is 2.56. The third-order valence-corrected chi connectivity index (χ3v) is 3.60. The summed E-state index contributed by atoms with van der Waals surface area (Å²) >= 11 is 0. The zero-order valence-electron chi connectivity index (χ0n) is 12.6. The molecule has 2 aromatic rings. The maximum atomic E-state index is 13.0. The molecule has 1 atom stereocenters. The molecule has 24 heavy (non-hydrogen) atoms. The Hall–Kier alpha value is -3.06. The van der Waals surface area contributed by atoms with Crippen LogP contribution in [0.1, 0.15) is 6.42 Å². The van der Waals surface area contributed by atoms with Crippen molar-refractivity contribution in [3.63, 3.8) is 0 Å². The number of pyridine rings is 1. The fraction of sp³-hybridized carbons (Fsp3) is 0.118. The number of nitro groups is 1. The van der Waals surface area contributed by atoms with Crippen LogP contribution in [0.25, 0.3) is 11.1 Å². The van der Waals surface area contributed by atoms with Crippen molar-refractivity contribution in [1.29, 1.82) is 0 Å². The lowest BCUT2D eigenvalue weighted by Gasteiger charge is -2.14. The van der Waals surface area contributed by atoms with Gasteiger partial charge in [-0.15, -0.1) is 0 Å². The lowest BCUT2D eigenvalue weighted by Crippen LogP contribution is -2.20. The first-order valence-electron chi connectivity index (χ1n) is 7.34. The maximum Gasteiger partial charge on any atom is 0.312 e. The molecule has 122 valence electrons. The molecule has 0 aliphatic heterocycles. The summed E-state index contributed by atoms with van der Waals surface area (Å²) in [6.07, 6.45) is 7.73. The molecular weight excluding hydrogens is 311 g/mol. The molecule has 7 heteroatoms. The van der Waals surface area contributed by atoms with Gasteiger partial charge in [0.15, 0.2) is 0 Å². The highest BCUT2D eigenvalue weighted by Crippen LogP contribution is 2.29. The highest BCUT2D eigenvalue weighted by atomic mass is 19.1. The standard InChI is InChI=1S/C17H15FN4O2/c18-13-6-4-11(5-7-13)12-8-16(22(23)24)17(20-10-12)21-15-3-1-2-14(19)9-15/h1,3-10,14H,2,19H2,(H,20,21). The van der Waals surface area contributed by atoms with Crippen molar-refractivity contribution in [3.05, 3.63) is 76.4 Å². The highest BCUT2D eigenvalue weighted by molar-refractivity contribution is 5.71. The monoisotopic (exact) mass is 326 g/mol. The normalized spacial score (nSPS) is 16.6. The van der Waals surface area contributed by atoms with Crippen LogP contribution in [0.2, 0.25) is 0 Å². The molecule has 0 fully saturated rings. The Morgan fingerprint density at radius 2 is 2.04 bits per heavy atom. The zero-order chi connectivity index (χ0) is 17.1. The van der Waals surface area contributed by atoms with Crippen LogP contribution in [-0.2, 0) is 0 Å². The number of hydrogen-bond acceptors (Lipinski definition) is 5. The van der Waals surface area contributed by atoms with Crippen molar-refractivity contribution < 1.29 is 9.31 Å². The van der Waals surface area contributed by atoms with E-state index in [9.17, 15) is 14.5 Å². The Balaban J connectivity index is 1.94. The van der Waals surface area contributed by atoms with Crippen molar-refractivity contribution in [2.75, 3.05) is 5.32 Å². The lowest BCUT2D eigenvalue weighted by molar-refractivity contribution is -0.384. The van der Waals surface area contributed by atoms with Gasteiger partial charge in [0, 0.05) is 29.6 Å². The van der Waals surface area contributed by atoms with Crippen LogP contribution in [0.15, 0.2) is 60.5 Å². The second kappa shape index (κ2) is 6.59. The van der Waals surface area contributed by atoms with E-state index in [4.69, 9.17) is 5.73 Å². The Labute approximate surface area is 137 Å². The van der Waals surface area contributed by atoms with Gasteiger partial charge < -0.3 is 11.1 Å². The average molecular weight is 326 g/mol. The number of rotatable bonds is 4. The van der Waals surface area contributed by atoms with E-state index in [0.717, 1.165) is 6.42 Å². The van der Waals surface area contributed by atoms with Gasteiger partial charge in [0.1, 0.15) is 5.82 Å². The van der Waals surface area contributed by atoms with Gasteiger partial charge in [-0.2, -0.15) is 0 Å². The molecular formula is C17H15FN4O2. The van der Waals surface area contributed by atoms with Gasteiger partial charge in [-0.05, 0) is 36.3 Å². The number of allylic oxidation sites excluding steroid dienone is 1. The van der Waals surface area contributed by atoms with Crippen LogP contribution in [0.4, 0.5) is 15.9 Å². The molecule has 0 saturated carbocycles. The van der Waals surface area contributed by atoms with Gasteiger partial charge in [0.2, 0.25) is 5.82 Å².